The van der Waals surface area contributed by atoms with Crippen LogP contribution in [0.2, 0.25) is 0 Å². The Bertz CT molecular complexity index is 366. The molecule has 0 spiro atoms. The summed E-state index contributed by atoms with van der Waals surface area (Å²) in [7, 11) is 2.17. The number of likely N-dealkylation sites (tertiary alicyclic amines) is 1. The van der Waals surface area contributed by atoms with Gasteiger partial charge in [-0.2, -0.15) is 0 Å². The van der Waals surface area contributed by atoms with Crippen molar-refractivity contribution >= 4 is 0 Å². The average Bonchev–Trinajstić information content (AvgIpc) is 2.78. The number of halogens is 1. The van der Waals surface area contributed by atoms with Gasteiger partial charge in [0.2, 0.25) is 0 Å². The zero-order chi connectivity index (χ0) is 13.0. The minimum atomic E-state index is -0.272. The van der Waals surface area contributed by atoms with Crippen LogP contribution in [0, 0.1) is 11.7 Å². The molecule has 1 N–H and O–H groups in total. The van der Waals surface area contributed by atoms with E-state index in [1.807, 2.05) is 0 Å². The molecule has 0 bridgehead atoms. The van der Waals surface area contributed by atoms with E-state index in [1.165, 1.54) is 31.8 Å². The summed E-state index contributed by atoms with van der Waals surface area (Å²) in [6.07, 6.45) is 3.53. The monoisotopic (exact) mass is 251 g/mol. The first-order valence-electron chi connectivity index (χ1n) is 6.72. The van der Waals surface area contributed by atoms with Crippen LogP contribution < -0.4 is 5.32 Å². The second-order valence-corrected chi connectivity index (χ2v) is 5.19. The molecule has 1 aromatic rings. The summed E-state index contributed by atoms with van der Waals surface area (Å²) in [5, 5.41) is 3.56. The Labute approximate surface area is 108 Å². The van der Waals surface area contributed by atoms with Crippen LogP contribution in [0.5, 0.6) is 0 Å². The van der Waals surface area contributed by atoms with E-state index in [0.29, 0.717) is 0 Å². The maximum Gasteiger partial charge on any atom is 0.141 e. The molecule has 3 nitrogen and oxygen atoms in total. The van der Waals surface area contributed by atoms with E-state index in [2.05, 4.69) is 29.2 Å². The number of rotatable bonds is 5. The van der Waals surface area contributed by atoms with E-state index in [4.69, 9.17) is 0 Å². The van der Waals surface area contributed by atoms with Crippen molar-refractivity contribution < 1.29 is 4.39 Å². The summed E-state index contributed by atoms with van der Waals surface area (Å²) >= 11 is 0. The van der Waals surface area contributed by atoms with Crippen LogP contribution in [-0.4, -0.2) is 36.6 Å². The minimum absolute atomic E-state index is 0.233. The molecule has 2 atom stereocenters. The lowest BCUT2D eigenvalue weighted by Crippen LogP contribution is -2.29. The highest BCUT2D eigenvalue weighted by atomic mass is 19.1. The van der Waals surface area contributed by atoms with E-state index < -0.39 is 0 Å². The van der Waals surface area contributed by atoms with Crippen molar-refractivity contribution in [2.24, 2.45) is 5.92 Å². The third-order valence-electron chi connectivity index (χ3n) is 3.66. The molecule has 0 radical (unpaired) electrons. The summed E-state index contributed by atoms with van der Waals surface area (Å²) in [6, 6.07) is 3.49. The highest BCUT2D eigenvalue weighted by molar-refractivity contribution is 5.09. The van der Waals surface area contributed by atoms with Crippen molar-refractivity contribution in [2.75, 3.05) is 26.7 Å². The minimum Gasteiger partial charge on any atom is -0.308 e. The normalized spacial score (nSPS) is 22.3. The Balaban J connectivity index is 1.87. The number of nitrogens with one attached hydrogen (secondary N) is 1. The van der Waals surface area contributed by atoms with Gasteiger partial charge in [-0.25, -0.2) is 4.39 Å². The van der Waals surface area contributed by atoms with Gasteiger partial charge in [0.1, 0.15) is 5.82 Å². The molecule has 1 fully saturated rings. The summed E-state index contributed by atoms with van der Waals surface area (Å²) < 4.78 is 12.8. The lowest BCUT2D eigenvalue weighted by atomic mass is 10.1. The molecule has 0 saturated carbocycles. The van der Waals surface area contributed by atoms with Gasteiger partial charge in [-0.1, -0.05) is 6.92 Å². The fourth-order valence-corrected chi connectivity index (χ4v) is 2.55. The van der Waals surface area contributed by atoms with Crippen molar-refractivity contribution in [1.29, 1.82) is 0 Å². The number of hydrogen-bond acceptors (Lipinski definition) is 3. The van der Waals surface area contributed by atoms with Crippen LogP contribution >= 0.6 is 0 Å². The molecule has 4 heteroatoms. The summed E-state index contributed by atoms with van der Waals surface area (Å²) in [6.45, 7) is 5.50. The van der Waals surface area contributed by atoms with Gasteiger partial charge < -0.3 is 10.2 Å². The van der Waals surface area contributed by atoms with Gasteiger partial charge in [-0.3, -0.25) is 4.98 Å². The second kappa shape index (κ2) is 6.25. The van der Waals surface area contributed by atoms with Crippen LogP contribution in [0.3, 0.4) is 0 Å². The van der Waals surface area contributed by atoms with E-state index >= 15 is 0 Å². The number of hydrogen-bond donors (Lipinski definition) is 1. The van der Waals surface area contributed by atoms with Gasteiger partial charge in [0.25, 0.3) is 0 Å². The van der Waals surface area contributed by atoms with Gasteiger partial charge in [0, 0.05) is 12.6 Å². The van der Waals surface area contributed by atoms with Crippen LogP contribution in [0.25, 0.3) is 0 Å². The fourth-order valence-electron chi connectivity index (χ4n) is 2.55. The summed E-state index contributed by atoms with van der Waals surface area (Å²) in [5.74, 6) is 0.454. The maximum absolute atomic E-state index is 12.8. The third kappa shape index (κ3) is 3.50. The third-order valence-corrected chi connectivity index (χ3v) is 3.66. The standard InChI is InChI=1S/C14H22FN3/c1-3-13(14-5-4-12(15)9-17-14)16-8-11-6-7-18(2)10-11/h4-5,9,11,13,16H,3,6-8,10H2,1-2H3. The zero-order valence-corrected chi connectivity index (χ0v) is 11.2. The van der Waals surface area contributed by atoms with Gasteiger partial charge in [0.15, 0.2) is 0 Å². The van der Waals surface area contributed by atoms with Gasteiger partial charge >= 0.3 is 0 Å². The van der Waals surface area contributed by atoms with Crippen LogP contribution in [0.4, 0.5) is 4.39 Å². The fraction of sp³-hybridized carbons (Fsp3) is 0.643. The zero-order valence-electron chi connectivity index (χ0n) is 11.2. The topological polar surface area (TPSA) is 28.2 Å². The van der Waals surface area contributed by atoms with Crippen molar-refractivity contribution in [1.82, 2.24) is 15.2 Å². The second-order valence-electron chi connectivity index (χ2n) is 5.19. The molecule has 2 heterocycles. The molecule has 2 rings (SSSR count). The largest absolute Gasteiger partial charge is 0.308 e. The molecule has 1 aromatic heterocycles. The molecule has 0 aliphatic carbocycles. The van der Waals surface area contributed by atoms with E-state index in [0.717, 1.165) is 24.6 Å². The molecule has 2 unspecified atom stereocenters. The van der Waals surface area contributed by atoms with Gasteiger partial charge in [0.05, 0.1) is 11.9 Å². The SMILES string of the molecule is CCC(NCC1CCN(C)C1)c1ccc(F)cn1. The molecular weight excluding hydrogens is 229 g/mol. The van der Waals surface area contributed by atoms with Crippen LogP contribution in [0.1, 0.15) is 31.5 Å². The number of pyridine rings is 1. The quantitative estimate of drug-likeness (QED) is 0.869. The predicted octanol–water partition coefficient (Wildman–Crippen LogP) is 2.21. The highest BCUT2D eigenvalue weighted by Gasteiger charge is 2.20. The average molecular weight is 251 g/mol. The molecule has 100 valence electrons. The molecule has 1 saturated heterocycles. The van der Waals surface area contributed by atoms with Crippen molar-refractivity contribution in [2.45, 2.75) is 25.8 Å². The summed E-state index contributed by atoms with van der Waals surface area (Å²) in [4.78, 5) is 6.53. The van der Waals surface area contributed by atoms with Crippen molar-refractivity contribution in [3.63, 3.8) is 0 Å². The van der Waals surface area contributed by atoms with E-state index in [9.17, 15) is 4.39 Å². The Hall–Kier alpha value is -1.00. The molecule has 0 aromatic carbocycles. The Morgan fingerprint density at radius 3 is 2.94 bits per heavy atom. The smallest absolute Gasteiger partial charge is 0.141 e. The lowest BCUT2D eigenvalue weighted by Gasteiger charge is -2.19. The van der Waals surface area contributed by atoms with Crippen LogP contribution in [-0.2, 0) is 0 Å². The molecule has 1 aliphatic heterocycles. The first-order valence-corrected chi connectivity index (χ1v) is 6.72. The van der Waals surface area contributed by atoms with Crippen molar-refractivity contribution in [3.05, 3.63) is 29.8 Å². The maximum atomic E-state index is 12.8. The summed E-state index contributed by atoms with van der Waals surface area (Å²) in [5.41, 5.74) is 0.935. The Morgan fingerprint density at radius 1 is 1.56 bits per heavy atom. The number of aromatic nitrogens is 1. The molecular formula is C14H22FN3. The molecule has 0 amide bonds. The lowest BCUT2D eigenvalue weighted by molar-refractivity contribution is 0.376. The van der Waals surface area contributed by atoms with Gasteiger partial charge in [-0.15, -0.1) is 0 Å². The predicted molar refractivity (Wildman–Crippen MR) is 70.8 cm³/mol. The van der Waals surface area contributed by atoms with E-state index in [-0.39, 0.29) is 11.9 Å². The molecule has 1 aliphatic rings. The first-order chi connectivity index (χ1) is 8.69. The Kier molecular flexibility index (Phi) is 4.66. The first kappa shape index (κ1) is 13.4. The highest BCUT2D eigenvalue weighted by Crippen LogP contribution is 2.17. The van der Waals surface area contributed by atoms with Crippen molar-refractivity contribution in [3.8, 4) is 0 Å². The van der Waals surface area contributed by atoms with E-state index in [1.54, 1.807) is 6.07 Å². The number of nitrogens with zero attached hydrogens (tertiary/aromatic N) is 2. The van der Waals surface area contributed by atoms with Crippen LogP contribution in [0.15, 0.2) is 18.3 Å². The Morgan fingerprint density at radius 2 is 2.39 bits per heavy atom. The van der Waals surface area contributed by atoms with Gasteiger partial charge in [-0.05, 0) is 51.0 Å². The molecule has 18 heavy (non-hydrogen) atoms.